The Bertz CT molecular complexity index is 1410. The smallest absolute Gasteiger partial charge is 0.417 e. The Morgan fingerprint density at radius 2 is 1.98 bits per heavy atom. The summed E-state index contributed by atoms with van der Waals surface area (Å²) in [7, 11) is 0. The summed E-state index contributed by atoms with van der Waals surface area (Å²) in [6, 6.07) is 4.55. The van der Waals surface area contributed by atoms with Crippen molar-refractivity contribution in [1.29, 1.82) is 5.26 Å². The van der Waals surface area contributed by atoms with Gasteiger partial charge < -0.3 is 19.7 Å². The standard InChI is InChI=1S/C32H39F3N4O5S/c1-21-15-22-8-9-31(17-21,18-22)19-27(41)44-14-13-43-12-10-37-26(40)5-4-11-38-29(45)39(28(42)30(38,2)3)24-7-6-23(20-36)25(16-24)32(33,34)35/h6-8,16,21H,4-5,9-15,17-19H2,1-3H3,(H,37,40). The molecule has 1 saturated heterocycles. The molecule has 2 atom stereocenters. The second kappa shape index (κ2) is 13.9. The minimum absolute atomic E-state index is 0.0191. The van der Waals surface area contributed by atoms with Gasteiger partial charge in [0.15, 0.2) is 5.11 Å². The summed E-state index contributed by atoms with van der Waals surface area (Å²) in [5.41, 5.74) is -1.45. The quantitative estimate of drug-likeness (QED) is 0.133. The predicted octanol–water partition coefficient (Wildman–Crippen LogP) is 5.27. The number of hydrogen-bond acceptors (Lipinski definition) is 7. The fourth-order valence-corrected chi connectivity index (χ4v) is 7.14. The number of rotatable bonds is 13. The van der Waals surface area contributed by atoms with Crippen LogP contribution in [-0.4, -0.2) is 66.2 Å². The van der Waals surface area contributed by atoms with E-state index in [-0.39, 0.29) is 67.4 Å². The molecule has 0 spiro atoms. The second-order valence-electron chi connectivity index (χ2n) is 12.7. The van der Waals surface area contributed by atoms with Crippen LogP contribution in [0.3, 0.4) is 0 Å². The molecule has 0 radical (unpaired) electrons. The van der Waals surface area contributed by atoms with Crippen LogP contribution in [0.1, 0.15) is 76.8 Å². The van der Waals surface area contributed by atoms with E-state index in [1.807, 2.05) is 0 Å². The first-order valence-electron chi connectivity index (χ1n) is 15.1. The number of carbonyl (C=O) groups excluding carboxylic acids is 3. The van der Waals surface area contributed by atoms with E-state index < -0.39 is 28.7 Å². The summed E-state index contributed by atoms with van der Waals surface area (Å²) in [5.74, 6) is -0.352. The van der Waals surface area contributed by atoms with Crippen molar-refractivity contribution in [3.05, 3.63) is 41.0 Å². The summed E-state index contributed by atoms with van der Waals surface area (Å²) in [4.78, 5) is 40.6. The van der Waals surface area contributed by atoms with Crippen LogP contribution in [0, 0.1) is 22.7 Å². The Morgan fingerprint density at radius 1 is 1.22 bits per heavy atom. The number of thiocarbonyl (C=S) groups is 1. The number of benzene rings is 1. The molecule has 1 aliphatic heterocycles. The summed E-state index contributed by atoms with van der Waals surface area (Å²) in [6.07, 6.45) is 2.51. The highest BCUT2D eigenvalue weighted by Gasteiger charge is 2.49. The van der Waals surface area contributed by atoms with Crippen LogP contribution in [0.5, 0.6) is 0 Å². The van der Waals surface area contributed by atoms with Crippen molar-refractivity contribution in [2.45, 2.75) is 77.4 Å². The summed E-state index contributed by atoms with van der Waals surface area (Å²) in [5, 5.41) is 11.8. The number of allylic oxidation sites excluding steroid dienone is 2. The molecule has 2 fully saturated rings. The van der Waals surface area contributed by atoms with Crippen LogP contribution < -0.4 is 10.2 Å². The van der Waals surface area contributed by atoms with Gasteiger partial charge in [-0.3, -0.25) is 19.3 Å². The van der Waals surface area contributed by atoms with Crippen molar-refractivity contribution in [2.24, 2.45) is 11.3 Å². The number of hydrogen-bond donors (Lipinski definition) is 1. The van der Waals surface area contributed by atoms with E-state index in [1.165, 1.54) is 17.7 Å². The first-order chi connectivity index (χ1) is 21.2. The highest BCUT2D eigenvalue weighted by Crippen LogP contribution is 2.52. The Balaban J connectivity index is 1.14. The van der Waals surface area contributed by atoms with E-state index >= 15 is 0 Å². The normalized spacial score (nSPS) is 22.3. The molecule has 45 heavy (non-hydrogen) atoms. The van der Waals surface area contributed by atoms with Gasteiger partial charge in [0.05, 0.1) is 42.5 Å². The zero-order chi connectivity index (χ0) is 33.0. The third-order valence-corrected chi connectivity index (χ3v) is 9.10. The van der Waals surface area contributed by atoms with Gasteiger partial charge in [0.25, 0.3) is 5.91 Å². The lowest BCUT2D eigenvalue weighted by atomic mass is 9.69. The van der Waals surface area contributed by atoms with Crippen LogP contribution in [0.2, 0.25) is 0 Å². The number of alkyl halides is 3. The molecule has 1 N–H and O–H groups in total. The van der Waals surface area contributed by atoms with Gasteiger partial charge in [-0.1, -0.05) is 18.6 Å². The lowest BCUT2D eigenvalue weighted by Crippen LogP contribution is -2.44. The number of esters is 1. The molecule has 13 heteroatoms. The van der Waals surface area contributed by atoms with E-state index in [2.05, 4.69) is 18.3 Å². The summed E-state index contributed by atoms with van der Waals surface area (Å²) in [6.45, 7) is 6.57. The molecular weight excluding hydrogens is 609 g/mol. The maximum absolute atomic E-state index is 13.5. The Labute approximate surface area is 266 Å². The van der Waals surface area contributed by atoms with Crippen molar-refractivity contribution in [1.82, 2.24) is 10.2 Å². The number of nitriles is 1. The number of amides is 2. The van der Waals surface area contributed by atoms with Crippen molar-refractivity contribution in [3.63, 3.8) is 0 Å². The molecule has 4 rings (SSSR count). The van der Waals surface area contributed by atoms with Gasteiger partial charge in [-0.05, 0) is 87.7 Å². The van der Waals surface area contributed by atoms with E-state index in [0.29, 0.717) is 18.8 Å². The average molecular weight is 649 g/mol. The average Bonchev–Trinajstić information content (AvgIpc) is 3.35. The maximum Gasteiger partial charge on any atom is 0.417 e. The molecule has 2 aliphatic carbocycles. The van der Waals surface area contributed by atoms with Crippen LogP contribution in [-0.2, 0) is 30.0 Å². The molecule has 9 nitrogen and oxygen atoms in total. The van der Waals surface area contributed by atoms with Gasteiger partial charge in [-0.15, -0.1) is 0 Å². The summed E-state index contributed by atoms with van der Waals surface area (Å²) < 4.78 is 51.4. The number of fused-ring (bicyclic) bond motifs is 2. The molecule has 1 heterocycles. The monoisotopic (exact) mass is 648 g/mol. The van der Waals surface area contributed by atoms with Gasteiger partial charge in [-0.2, -0.15) is 18.4 Å². The predicted molar refractivity (Wildman–Crippen MR) is 164 cm³/mol. The fraction of sp³-hybridized carbons (Fsp3) is 0.594. The molecular formula is C32H39F3N4O5S. The number of nitrogens with zero attached hydrogens (tertiary/aromatic N) is 3. The molecule has 244 valence electrons. The Morgan fingerprint density at radius 3 is 2.69 bits per heavy atom. The molecule has 2 unspecified atom stereocenters. The Hall–Kier alpha value is -3.50. The third kappa shape index (κ3) is 8.02. The topological polar surface area (TPSA) is 112 Å². The Kier molecular flexibility index (Phi) is 10.6. The molecule has 3 aliphatic rings. The largest absolute Gasteiger partial charge is 0.463 e. The third-order valence-electron chi connectivity index (χ3n) is 8.69. The SMILES string of the molecule is CC1CC2=CCC(CC(=O)OCCOCCNC(=O)CCCN3C(=S)N(c4ccc(C#N)c(C(F)(F)F)c4)C(=O)C3(C)C)(C2)C1. The molecule has 1 saturated carbocycles. The van der Waals surface area contributed by atoms with E-state index in [0.717, 1.165) is 42.7 Å². The van der Waals surface area contributed by atoms with Crippen molar-refractivity contribution >= 4 is 40.8 Å². The lowest BCUT2D eigenvalue weighted by Gasteiger charge is -2.35. The lowest BCUT2D eigenvalue weighted by molar-refractivity contribution is -0.148. The van der Waals surface area contributed by atoms with Gasteiger partial charge in [0.1, 0.15) is 12.1 Å². The highest BCUT2D eigenvalue weighted by molar-refractivity contribution is 7.80. The number of nitrogens with one attached hydrogen (secondary N) is 1. The van der Waals surface area contributed by atoms with Crippen LogP contribution in [0.4, 0.5) is 18.9 Å². The van der Waals surface area contributed by atoms with Crippen LogP contribution in [0.15, 0.2) is 29.8 Å². The molecule has 2 bridgehead atoms. The van der Waals surface area contributed by atoms with Gasteiger partial charge in [0.2, 0.25) is 5.91 Å². The van der Waals surface area contributed by atoms with Gasteiger partial charge in [0, 0.05) is 19.5 Å². The van der Waals surface area contributed by atoms with E-state index in [1.54, 1.807) is 18.7 Å². The van der Waals surface area contributed by atoms with Crippen molar-refractivity contribution < 1.29 is 37.0 Å². The zero-order valence-corrected chi connectivity index (χ0v) is 26.6. The number of ether oxygens (including phenoxy) is 2. The van der Waals surface area contributed by atoms with Crippen molar-refractivity contribution in [2.75, 3.05) is 37.8 Å². The number of carbonyl (C=O) groups is 3. The molecule has 1 aromatic carbocycles. The first kappa shape index (κ1) is 34.4. The van der Waals surface area contributed by atoms with Crippen LogP contribution >= 0.6 is 12.2 Å². The number of anilines is 1. The minimum atomic E-state index is -4.78. The summed E-state index contributed by atoms with van der Waals surface area (Å²) >= 11 is 5.48. The molecule has 2 amide bonds. The second-order valence-corrected chi connectivity index (χ2v) is 13.1. The van der Waals surface area contributed by atoms with E-state index in [9.17, 15) is 27.6 Å². The molecule has 1 aromatic rings. The fourth-order valence-electron chi connectivity index (χ4n) is 6.63. The van der Waals surface area contributed by atoms with Crippen molar-refractivity contribution in [3.8, 4) is 6.07 Å². The van der Waals surface area contributed by atoms with Crippen LogP contribution in [0.25, 0.3) is 0 Å². The van der Waals surface area contributed by atoms with Gasteiger partial charge in [-0.25, -0.2) is 0 Å². The first-order valence-corrected chi connectivity index (χ1v) is 15.5. The maximum atomic E-state index is 13.5. The van der Waals surface area contributed by atoms with Gasteiger partial charge >= 0.3 is 12.1 Å². The van der Waals surface area contributed by atoms with E-state index in [4.69, 9.17) is 27.0 Å². The zero-order valence-electron chi connectivity index (χ0n) is 25.8. The number of halogens is 3. The highest BCUT2D eigenvalue weighted by atomic mass is 32.1. The minimum Gasteiger partial charge on any atom is -0.463 e. The molecule has 0 aromatic heterocycles.